The van der Waals surface area contributed by atoms with Crippen molar-refractivity contribution in [3.8, 4) is 5.69 Å². The van der Waals surface area contributed by atoms with Gasteiger partial charge in [-0.05, 0) is 60.9 Å². The summed E-state index contributed by atoms with van der Waals surface area (Å²) in [6.07, 6.45) is 4.59. The van der Waals surface area contributed by atoms with Gasteiger partial charge in [0.1, 0.15) is 5.82 Å². The molecule has 1 unspecified atom stereocenters. The average molecular weight is 437 g/mol. The second-order valence-electron chi connectivity index (χ2n) is 8.65. The zero-order chi connectivity index (χ0) is 22.6. The first-order valence-corrected chi connectivity index (χ1v) is 11.6. The van der Waals surface area contributed by atoms with Gasteiger partial charge in [-0.25, -0.2) is 9.67 Å². The van der Waals surface area contributed by atoms with Crippen LogP contribution in [-0.4, -0.2) is 20.7 Å². The maximum absolute atomic E-state index is 13.2. The monoisotopic (exact) mass is 436 g/mol. The number of nitrogens with one attached hydrogen (secondary N) is 1. The molecule has 33 heavy (non-hydrogen) atoms. The molecule has 0 bridgehead atoms. The van der Waals surface area contributed by atoms with Crippen LogP contribution in [0, 0.1) is 6.92 Å². The van der Waals surface area contributed by atoms with Gasteiger partial charge in [0, 0.05) is 6.42 Å². The van der Waals surface area contributed by atoms with E-state index in [1.807, 2.05) is 47.1 Å². The fraction of sp³-hybridized carbons (Fsp3) is 0.250. The molecule has 166 valence electrons. The number of carbonyl (C=O) groups excluding carboxylic acids is 1. The standard InChI is InChI=1S/C28H28N4O/c1-20-10-5-8-17-25(20)32-26(19-18-21-11-3-2-4-12-21)30-27(31-32)28(33)29-24-16-9-14-22-13-6-7-15-23(22)24/h2-8,10-13,15,17,24H,9,14,16,18-19H2,1H3,(H,29,33). The zero-order valence-corrected chi connectivity index (χ0v) is 18.9. The normalized spacial score (nSPS) is 15.1. The molecule has 1 N–H and O–H groups in total. The van der Waals surface area contributed by atoms with Gasteiger partial charge in [0.15, 0.2) is 0 Å². The third-order valence-electron chi connectivity index (χ3n) is 6.38. The Morgan fingerprint density at radius 2 is 1.73 bits per heavy atom. The van der Waals surface area contributed by atoms with Crippen LogP contribution in [0.1, 0.15) is 57.6 Å². The van der Waals surface area contributed by atoms with Crippen LogP contribution < -0.4 is 5.32 Å². The number of para-hydroxylation sites is 1. The molecule has 0 spiro atoms. The third-order valence-corrected chi connectivity index (χ3v) is 6.38. The summed E-state index contributed by atoms with van der Waals surface area (Å²) in [5.41, 5.74) is 5.81. The highest BCUT2D eigenvalue weighted by Crippen LogP contribution is 2.29. The van der Waals surface area contributed by atoms with Gasteiger partial charge >= 0.3 is 0 Å². The molecule has 1 aliphatic rings. The zero-order valence-electron chi connectivity index (χ0n) is 18.9. The first kappa shape index (κ1) is 21.1. The van der Waals surface area contributed by atoms with Crippen molar-refractivity contribution in [1.29, 1.82) is 0 Å². The predicted molar refractivity (Wildman–Crippen MR) is 130 cm³/mol. The molecule has 4 aromatic rings. The molecular weight excluding hydrogens is 408 g/mol. The Kier molecular flexibility index (Phi) is 6.03. The second kappa shape index (κ2) is 9.41. The van der Waals surface area contributed by atoms with Crippen LogP contribution in [0.2, 0.25) is 0 Å². The van der Waals surface area contributed by atoms with Gasteiger partial charge in [-0.3, -0.25) is 4.79 Å². The molecule has 3 aromatic carbocycles. The van der Waals surface area contributed by atoms with Crippen LogP contribution in [0.4, 0.5) is 0 Å². The van der Waals surface area contributed by atoms with Crippen LogP contribution in [-0.2, 0) is 19.3 Å². The Balaban J connectivity index is 1.43. The number of carbonyl (C=O) groups is 1. The number of aryl methyl sites for hydroxylation is 4. The highest BCUT2D eigenvalue weighted by Gasteiger charge is 2.25. The quantitative estimate of drug-likeness (QED) is 0.454. The molecule has 1 amide bonds. The predicted octanol–water partition coefficient (Wildman–Crippen LogP) is 5.17. The Bertz CT molecular complexity index is 1260. The van der Waals surface area contributed by atoms with Crippen molar-refractivity contribution in [2.75, 3.05) is 0 Å². The van der Waals surface area contributed by atoms with Crippen molar-refractivity contribution in [2.45, 2.75) is 45.1 Å². The number of benzene rings is 3. The van der Waals surface area contributed by atoms with Gasteiger partial charge in [-0.1, -0.05) is 72.8 Å². The van der Waals surface area contributed by atoms with E-state index >= 15 is 0 Å². The Labute approximate surface area is 194 Å². The van der Waals surface area contributed by atoms with E-state index in [9.17, 15) is 4.79 Å². The fourth-order valence-corrected chi connectivity index (χ4v) is 4.62. The SMILES string of the molecule is Cc1ccccc1-n1nc(C(=O)NC2CCCc3ccccc32)nc1CCc1ccccc1. The van der Waals surface area contributed by atoms with Gasteiger partial charge in [-0.2, -0.15) is 0 Å². The lowest BCUT2D eigenvalue weighted by atomic mass is 9.88. The lowest BCUT2D eigenvalue weighted by Crippen LogP contribution is -2.31. The van der Waals surface area contributed by atoms with Gasteiger partial charge in [-0.15, -0.1) is 5.10 Å². The van der Waals surface area contributed by atoms with Crippen molar-refractivity contribution in [1.82, 2.24) is 20.1 Å². The van der Waals surface area contributed by atoms with Crippen LogP contribution in [0.5, 0.6) is 0 Å². The minimum absolute atomic E-state index is 0.000583. The molecule has 1 aromatic heterocycles. The summed E-state index contributed by atoms with van der Waals surface area (Å²) in [6, 6.07) is 26.8. The van der Waals surface area contributed by atoms with E-state index in [4.69, 9.17) is 4.98 Å². The third kappa shape index (κ3) is 4.58. The van der Waals surface area contributed by atoms with Crippen molar-refractivity contribution >= 4 is 5.91 Å². The van der Waals surface area contributed by atoms with Gasteiger partial charge < -0.3 is 5.32 Å². The topological polar surface area (TPSA) is 59.8 Å². The van der Waals surface area contributed by atoms with Gasteiger partial charge in [0.05, 0.1) is 11.7 Å². The van der Waals surface area contributed by atoms with E-state index in [-0.39, 0.29) is 17.8 Å². The molecule has 5 heteroatoms. The molecule has 0 saturated carbocycles. The van der Waals surface area contributed by atoms with E-state index in [2.05, 4.69) is 53.7 Å². The largest absolute Gasteiger partial charge is 0.342 e. The van der Waals surface area contributed by atoms with Crippen LogP contribution in [0.3, 0.4) is 0 Å². The molecule has 0 radical (unpaired) electrons. The molecular formula is C28H28N4O. The maximum atomic E-state index is 13.2. The molecule has 1 aliphatic carbocycles. The Morgan fingerprint density at radius 1 is 0.970 bits per heavy atom. The number of nitrogens with zero attached hydrogens (tertiary/aromatic N) is 3. The first-order chi connectivity index (χ1) is 16.2. The van der Waals surface area contributed by atoms with E-state index < -0.39 is 0 Å². The number of rotatable bonds is 6. The highest BCUT2D eigenvalue weighted by atomic mass is 16.2. The summed E-state index contributed by atoms with van der Waals surface area (Å²) >= 11 is 0. The van der Waals surface area contributed by atoms with Crippen molar-refractivity contribution < 1.29 is 4.79 Å². The minimum atomic E-state index is -0.218. The Hall–Kier alpha value is -3.73. The summed E-state index contributed by atoms with van der Waals surface area (Å²) in [7, 11) is 0. The maximum Gasteiger partial charge on any atom is 0.291 e. The summed E-state index contributed by atoms with van der Waals surface area (Å²) in [5.74, 6) is 0.803. The van der Waals surface area contributed by atoms with Gasteiger partial charge in [0.25, 0.3) is 5.91 Å². The number of hydrogen-bond donors (Lipinski definition) is 1. The summed E-state index contributed by atoms with van der Waals surface area (Å²) in [4.78, 5) is 17.9. The Morgan fingerprint density at radius 3 is 2.58 bits per heavy atom. The van der Waals surface area contributed by atoms with E-state index in [1.165, 1.54) is 16.7 Å². The molecule has 1 atom stereocenters. The first-order valence-electron chi connectivity index (χ1n) is 11.6. The van der Waals surface area contributed by atoms with Crippen molar-refractivity contribution in [2.24, 2.45) is 0 Å². The number of amides is 1. The van der Waals surface area contributed by atoms with Gasteiger partial charge in [0.2, 0.25) is 5.82 Å². The van der Waals surface area contributed by atoms with Crippen molar-refractivity contribution in [3.05, 3.63) is 113 Å². The lowest BCUT2D eigenvalue weighted by Gasteiger charge is -2.25. The van der Waals surface area contributed by atoms with Crippen LogP contribution in [0.15, 0.2) is 78.9 Å². The molecule has 0 fully saturated rings. The lowest BCUT2D eigenvalue weighted by molar-refractivity contribution is 0.0922. The molecule has 0 aliphatic heterocycles. The van der Waals surface area contributed by atoms with E-state index in [0.29, 0.717) is 6.42 Å². The summed E-state index contributed by atoms with van der Waals surface area (Å²) in [5, 5.41) is 7.86. The van der Waals surface area contributed by atoms with E-state index in [0.717, 1.165) is 42.8 Å². The fourth-order valence-electron chi connectivity index (χ4n) is 4.62. The smallest absolute Gasteiger partial charge is 0.291 e. The van der Waals surface area contributed by atoms with E-state index in [1.54, 1.807) is 0 Å². The van der Waals surface area contributed by atoms with Crippen molar-refractivity contribution in [3.63, 3.8) is 0 Å². The van der Waals surface area contributed by atoms with Crippen LogP contribution >= 0.6 is 0 Å². The summed E-state index contributed by atoms with van der Waals surface area (Å²) < 4.78 is 1.84. The minimum Gasteiger partial charge on any atom is -0.342 e. The summed E-state index contributed by atoms with van der Waals surface area (Å²) in [6.45, 7) is 2.05. The number of aromatic nitrogens is 3. The molecule has 5 rings (SSSR count). The second-order valence-corrected chi connectivity index (χ2v) is 8.65. The molecule has 0 saturated heterocycles. The molecule has 1 heterocycles. The number of hydrogen-bond acceptors (Lipinski definition) is 3. The van der Waals surface area contributed by atoms with Crippen LogP contribution in [0.25, 0.3) is 5.69 Å². The molecule has 5 nitrogen and oxygen atoms in total. The number of fused-ring (bicyclic) bond motifs is 1. The average Bonchev–Trinajstić information content (AvgIpc) is 3.28. The highest BCUT2D eigenvalue weighted by molar-refractivity contribution is 5.90.